The second-order valence-electron chi connectivity index (χ2n) is 2.41. The molecule has 13 heavy (non-hydrogen) atoms. The highest BCUT2D eigenvalue weighted by molar-refractivity contribution is 9.10. The summed E-state index contributed by atoms with van der Waals surface area (Å²) in [6, 6.07) is 3.66. The number of aliphatic carboxylic acids is 1. The number of carboxylic acid groups (broad SMARTS) is 1. The minimum atomic E-state index is -1.68. The van der Waals surface area contributed by atoms with Crippen molar-refractivity contribution in [3.8, 4) is 0 Å². The molecule has 1 aromatic carbocycles. The Labute approximate surface area is 81.9 Å². The first-order valence-corrected chi connectivity index (χ1v) is 4.17. The molecule has 0 saturated heterocycles. The van der Waals surface area contributed by atoms with Crippen molar-refractivity contribution in [3.05, 3.63) is 34.1 Å². The Morgan fingerprint density at radius 2 is 2.15 bits per heavy atom. The molecule has 0 unspecified atom stereocenters. The van der Waals surface area contributed by atoms with E-state index < -0.39 is 17.9 Å². The summed E-state index contributed by atoms with van der Waals surface area (Å²) in [6.07, 6.45) is -1.68. The molecular formula is C8H6BrFO3. The summed E-state index contributed by atoms with van der Waals surface area (Å²) in [5.41, 5.74) is 0.0215. The Morgan fingerprint density at radius 1 is 1.54 bits per heavy atom. The number of rotatable bonds is 2. The van der Waals surface area contributed by atoms with Crippen LogP contribution >= 0.6 is 15.9 Å². The number of hydrogen-bond acceptors (Lipinski definition) is 2. The van der Waals surface area contributed by atoms with Crippen LogP contribution in [-0.2, 0) is 4.79 Å². The summed E-state index contributed by atoms with van der Waals surface area (Å²) < 4.78 is 13.1. The highest BCUT2D eigenvalue weighted by atomic mass is 79.9. The van der Waals surface area contributed by atoms with E-state index in [1.807, 2.05) is 0 Å². The number of halogens is 2. The van der Waals surface area contributed by atoms with Gasteiger partial charge in [-0.15, -0.1) is 0 Å². The molecule has 0 aromatic heterocycles. The molecule has 0 radical (unpaired) electrons. The third kappa shape index (κ3) is 2.26. The summed E-state index contributed by atoms with van der Waals surface area (Å²) >= 11 is 2.91. The van der Waals surface area contributed by atoms with E-state index in [0.29, 0.717) is 0 Å². The monoisotopic (exact) mass is 248 g/mol. The summed E-state index contributed by atoms with van der Waals surface area (Å²) in [5, 5.41) is 17.4. The van der Waals surface area contributed by atoms with E-state index in [2.05, 4.69) is 15.9 Å². The van der Waals surface area contributed by atoms with Crippen LogP contribution in [-0.4, -0.2) is 16.2 Å². The van der Waals surface area contributed by atoms with E-state index >= 15 is 0 Å². The first-order chi connectivity index (χ1) is 6.02. The van der Waals surface area contributed by atoms with Gasteiger partial charge in [-0.2, -0.15) is 0 Å². The van der Waals surface area contributed by atoms with Gasteiger partial charge in [0.2, 0.25) is 0 Å². The Morgan fingerprint density at radius 3 is 2.62 bits per heavy atom. The van der Waals surface area contributed by atoms with Gasteiger partial charge in [-0.25, -0.2) is 9.18 Å². The van der Waals surface area contributed by atoms with Gasteiger partial charge in [-0.05, 0) is 33.6 Å². The lowest BCUT2D eigenvalue weighted by atomic mass is 10.1. The summed E-state index contributed by atoms with van der Waals surface area (Å²) in [5.74, 6) is -2.00. The lowest BCUT2D eigenvalue weighted by Gasteiger charge is -2.05. The number of aliphatic hydroxyl groups is 1. The van der Waals surface area contributed by atoms with Crippen LogP contribution in [0.25, 0.3) is 0 Å². The smallest absolute Gasteiger partial charge is 0.337 e. The summed E-state index contributed by atoms with van der Waals surface area (Å²) in [6.45, 7) is 0. The molecule has 2 N–H and O–H groups in total. The second-order valence-corrected chi connectivity index (χ2v) is 3.27. The quantitative estimate of drug-likeness (QED) is 0.838. The highest BCUT2D eigenvalue weighted by Gasteiger charge is 2.16. The number of benzene rings is 1. The number of aliphatic hydroxyl groups excluding tert-OH is 1. The first-order valence-electron chi connectivity index (χ1n) is 3.38. The Bertz CT molecular complexity index is 340. The van der Waals surface area contributed by atoms with Crippen LogP contribution in [0.1, 0.15) is 11.7 Å². The van der Waals surface area contributed by atoms with E-state index in [1.165, 1.54) is 12.1 Å². The molecule has 0 fully saturated rings. The molecule has 1 rings (SSSR count). The molecule has 0 aliphatic heterocycles. The zero-order chi connectivity index (χ0) is 10.0. The molecule has 0 bridgehead atoms. The normalized spacial score (nSPS) is 12.5. The molecule has 0 amide bonds. The molecule has 5 heteroatoms. The molecule has 1 aromatic rings. The third-order valence-corrected chi connectivity index (χ3v) is 2.14. The maximum absolute atomic E-state index is 12.9. The minimum absolute atomic E-state index is 0.0215. The number of carboxylic acids is 1. The predicted octanol–water partition coefficient (Wildman–Crippen LogP) is 1.71. The first kappa shape index (κ1) is 10.1. The van der Waals surface area contributed by atoms with Gasteiger partial charge in [0.25, 0.3) is 0 Å². The Balaban J connectivity index is 3.03. The number of hydrogen-bond donors (Lipinski definition) is 2. The van der Waals surface area contributed by atoms with Crippen LogP contribution in [0.2, 0.25) is 0 Å². The van der Waals surface area contributed by atoms with Crippen LogP contribution in [0.5, 0.6) is 0 Å². The van der Waals surface area contributed by atoms with Gasteiger partial charge < -0.3 is 10.2 Å². The lowest BCUT2D eigenvalue weighted by molar-refractivity contribution is -0.146. The largest absolute Gasteiger partial charge is 0.479 e. The fourth-order valence-electron chi connectivity index (χ4n) is 0.825. The zero-order valence-electron chi connectivity index (χ0n) is 6.37. The van der Waals surface area contributed by atoms with Crippen molar-refractivity contribution < 1.29 is 19.4 Å². The SMILES string of the molecule is O=C(O)[C@H](O)c1ccc(Br)c(F)c1. The van der Waals surface area contributed by atoms with Crippen molar-refractivity contribution in [3.63, 3.8) is 0 Å². The third-order valence-electron chi connectivity index (χ3n) is 1.49. The van der Waals surface area contributed by atoms with Crippen molar-refractivity contribution in [1.29, 1.82) is 0 Å². The van der Waals surface area contributed by atoms with Gasteiger partial charge in [0.1, 0.15) is 5.82 Å². The average molecular weight is 249 g/mol. The van der Waals surface area contributed by atoms with Crippen molar-refractivity contribution >= 4 is 21.9 Å². The van der Waals surface area contributed by atoms with E-state index in [9.17, 15) is 9.18 Å². The predicted molar refractivity (Wildman–Crippen MR) is 46.7 cm³/mol. The van der Waals surface area contributed by atoms with Crippen LogP contribution in [0.15, 0.2) is 22.7 Å². The van der Waals surface area contributed by atoms with Crippen molar-refractivity contribution in [1.82, 2.24) is 0 Å². The van der Waals surface area contributed by atoms with Gasteiger partial charge in [0, 0.05) is 0 Å². The number of carbonyl (C=O) groups is 1. The maximum Gasteiger partial charge on any atom is 0.337 e. The molecule has 0 saturated carbocycles. The van der Waals surface area contributed by atoms with Gasteiger partial charge in [-0.1, -0.05) is 6.07 Å². The van der Waals surface area contributed by atoms with Crippen molar-refractivity contribution in [2.75, 3.05) is 0 Å². The van der Waals surface area contributed by atoms with Gasteiger partial charge in [0.15, 0.2) is 6.10 Å². The van der Waals surface area contributed by atoms with E-state index in [1.54, 1.807) is 0 Å². The maximum atomic E-state index is 12.9. The van der Waals surface area contributed by atoms with Crippen LogP contribution in [0, 0.1) is 5.82 Å². The minimum Gasteiger partial charge on any atom is -0.479 e. The fourth-order valence-corrected chi connectivity index (χ4v) is 1.07. The van der Waals surface area contributed by atoms with Crippen molar-refractivity contribution in [2.24, 2.45) is 0 Å². The Hall–Kier alpha value is -0.940. The van der Waals surface area contributed by atoms with E-state index in [4.69, 9.17) is 10.2 Å². The highest BCUT2D eigenvalue weighted by Crippen LogP contribution is 2.20. The standard InChI is InChI=1S/C8H6BrFO3/c9-5-2-1-4(3-6(5)10)7(11)8(12)13/h1-3,7,11H,(H,12,13)/t7-/m1/s1. The van der Waals surface area contributed by atoms with Crippen LogP contribution in [0.3, 0.4) is 0 Å². The average Bonchev–Trinajstić information content (AvgIpc) is 2.08. The Kier molecular flexibility index (Phi) is 3.00. The molecule has 3 nitrogen and oxygen atoms in total. The summed E-state index contributed by atoms with van der Waals surface area (Å²) in [4.78, 5) is 10.3. The zero-order valence-corrected chi connectivity index (χ0v) is 7.95. The molecular weight excluding hydrogens is 243 g/mol. The van der Waals surface area contributed by atoms with Gasteiger partial charge in [-0.3, -0.25) is 0 Å². The molecule has 1 atom stereocenters. The van der Waals surface area contributed by atoms with Crippen LogP contribution < -0.4 is 0 Å². The molecule has 0 aliphatic carbocycles. The van der Waals surface area contributed by atoms with Crippen LogP contribution in [0.4, 0.5) is 4.39 Å². The molecule has 0 heterocycles. The summed E-state index contributed by atoms with van der Waals surface area (Å²) in [7, 11) is 0. The fraction of sp³-hybridized carbons (Fsp3) is 0.125. The molecule has 0 spiro atoms. The van der Waals surface area contributed by atoms with Crippen molar-refractivity contribution in [2.45, 2.75) is 6.10 Å². The van der Waals surface area contributed by atoms with Gasteiger partial charge in [0.05, 0.1) is 4.47 Å². The molecule has 0 aliphatic rings. The molecule has 70 valence electrons. The topological polar surface area (TPSA) is 57.5 Å². The van der Waals surface area contributed by atoms with E-state index in [-0.39, 0.29) is 10.0 Å². The second kappa shape index (κ2) is 3.85. The van der Waals surface area contributed by atoms with Gasteiger partial charge >= 0.3 is 5.97 Å². The lowest BCUT2D eigenvalue weighted by Crippen LogP contribution is -2.10. The van der Waals surface area contributed by atoms with E-state index in [0.717, 1.165) is 6.07 Å².